The number of methoxy groups -OCH3 is 2. The van der Waals surface area contributed by atoms with Gasteiger partial charge in [-0.05, 0) is 110 Å². The highest BCUT2D eigenvalue weighted by atomic mass is 35.5. The molecule has 1 aliphatic heterocycles. The molecule has 67 heavy (non-hydrogen) atoms. The molecule has 2 N–H and O–H groups in total. The van der Waals surface area contributed by atoms with Gasteiger partial charge in [-0.1, -0.05) is 84.4 Å². The molecule has 14 nitrogen and oxygen atoms in total. The van der Waals surface area contributed by atoms with E-state index in [1.54, 1.807) is 78.5 Å². The van der Waals surface area contributed by atoms with E-state index in [2.05, 4.69) is 41.0 Å². The summed E-state index contributed by atoms with van der Waals surface area (Å²) in [5.74, 6) is 1.44. The monoisotopic (exact) mass is 964 g/mol. The molecule has 1 aliphatic rings. The number of amides is 1. The van der Waals surface area contributed by atoms with Crippen molar-refractivity contribution in [3.63, 3.8) is 0 Å². The van der Waals surface area contributed by atoms with Gasteiger partial charge in [-0.2, -0.15) is 0 Å². The second-order valence-electron chi connectivity index (χ2n) is 15.5. The number of carbonyl (C=O) groups is 1. The summed E-state index contributed by atoms with van der Waals surface area (Å²) < 4.78 is 38.6. The van der Waals surface area contributed by atoms with Crippen molar-refractivity contribution in [2.24, 2.45) is 0 Å². The minimum absolute atomic E-state index is 0.0790. The highest BCUT2D eigenvalue weighted by Crippen LogP contribution is 2.48. The van der Waals surface area contributed by atoms with E-state index in [9.17, 15) is 9.69 Å². The van der Waals surface area contributed by atoms with Crippen molar-refractivity contribution in [1.29, 1.82) is 0 Å². The SMILES string of the molecule is CC[NH+](CC)CC.COc1ccc(C(OC[C@H]2O[C@@H](n3cnc4c(NC(=O)c5ccccc5)ncnc43)C[C@@H]2OP([O-])(=S)Oc2ccc(Cl)cc2)(c2ccccc2)c2ccc(OC)cc2)cc1. The smallest absolute Gasteiger partial charge is 0.256 e. The average Bonchev–Trinajstić information content (AvgIpc) is 3.98. The number of hydrogen-bond donors (Lipinski definition) is 2. The third-order valence-corrected chi connectivity index (χ3v) is 13.2. The van der Waals surface area contributed by atoms with Crippen LogP contribution in [0.3, 0.4) is 0 Å². The van der Waals surface area contributed by atoms with Crippen LogP contribution in [-0.4, -0.2) is 78.1 Å². The van der Waals surface area contributed by atoms with Crippen molar-refractivity contribution in [2.45, 2.75) is 51.2 Å². The van der Waals surface area contributed by atoms with Gasteiger partial charge >= 0.3 is 0 Å². The molecule has 7 aromatic rings. The highest BCUT2D eigenvalue weighted by Gasteiger charge is 2.44. The molecule has 350 valence electrons. The molecule has 1 amide bonds. The molecule has 4 atom stereocenters. The third-order valence-electron chi connectivity index (χ3n) is 11.6. The van der Waals surface area contributed by atoms with Crippen LogP contribution < -0.4 is 29.1 Å². The Balaban J connectivity index is 0.000000883. The maximum Gasteiger partial charge on any atom is 0.256 e. The highest BCUT2D eigenvalue weighted by molar-refractivity contribution is 8.06. The topological polar surface area (TPSA) is 156 Å². The summed E-state index contributed by atoms with van der Waals surface area (Å²) in [7, 11) is 3.22. The van der Waals surface area contributed by atoms with Crippen molar-refractivity contribution >= 4 is 53.0 Å². The first-order valence-corrected chi connectivity index (χ1v) is 24.9. The fraction of sp³-hybridized carbons (Fsp3) is 0.280. The Labute approximate surface area is 401 Å². The Morgan fingerprint density at radius 2 is 1.36 bits per heavy atom. The minimum atomic E-state index is -4.20. The lowest BCUT2D eigenvalue weighted by Gasteiger charge is -2.38. The fourth-order valence-electron chi connectivity index (χ4n) is 7.90. The van der Waals surface area contributed by atoms with Crippen LogP contribution in [0.25, 0.3) is 11.2 Å². The van der Waals surface area contributed by atoms with Crippen LogP contribution in [0.1, 0.15) is 60.5 Å². The van der Waals surface area contributed by atoms with Crippen LogP contribution in [0.2, 0.25) is 5.02 Å². The van der Waals surface area contributed by atoms with E-state index >= 15 is 0 Å². The van der Waals surface area contributed by atoms with Crippen LogP contribution in [0.15, 0.2) is 146 Å². The number of fused-ring (bicyclic) bond motifs is 1. The van der Waals surface area contributed by atoms with Crippen LogP contribution in [0.4, 0.5) is 5.82 Å². The van der Waals surface area contributed by atoms with Crippen LogP contribution in [0.5, 0.6) is 17.2 Å². The largest absolute Gasteiger partial charge is 0.770 e. The first-order chi connectivity index (χ1) is 32.5. The van der Waals surface area contributed by atoms with Gasteiger partial charge in [0.15, 0.2) is 23.7 Å². The average molecular weight is 966 g/mol. The van der Waals surface area contributed by atoms with Gasteiger partial charge in [-0.3, -0.25) is 9.36 Å². The van der Waals surface area contributed by atoms with Gasteiger partial charge in [0.2, 0.25) is 0 Å². The van der Waals surface area contributed by atoms with Crippen molar-refractivity contribution in [2.75, 3.05) is 45.8 Å². The molecule has 0 radical (unpaired) electrons. The standard InChI is InChI=1S/C44H39ClN5O8PS.C6H15N/c1-53-34-19-13-31(14-20-34)44(30-11-7-4-8-12-30,32-15-21-35(54-2)22-16-32)55-26-38-37(58-59(52,60)57-36-23-17-33(45)18-24-36)25-39(56-38)50-28-48-40-41(46-27-47-42(40)50)49-43(51)29-9-5-3-6-10-29;1-4-7(5-2)6-3/h3-24,27-28,37-39H,25-26H2,1-2H3,(H,52,60)(H,46,47,49,51);4-6H2,1-3H3/t37-,38+,39+,59?;/m0./s1. The zero-order chi connectivity index (χ0) is 47.4. The first kappa shape index (κ1) is 49.2. The molecule has 8 rings (SSSR count). The number of nitrogens with one attached hydrogen (secondary N) is 2. The summed E-state index contributed by atoms with van der Waals surface area (Å²) in [5.41, 5.74) is 2.40. The second kappa shape index (κ2) is 22.8. The molecule has 0 spiro atoms. The molecular formula is C50H54ClN6O8PS. The van der Waals surface area contributed by atoms with E-state index in [1.807, 2.05) is 84.9 Å². The van der Waals surface area contributed by atoms with Gasteiger partial charge < -0.3 is 43.1 Å². The molecule has 1 unspecified atom stereocenters. The van der Waals surface area contributed by atoms with Gasteiger partial charge in [0.1, 0.15) is 41.5 Å². The zero-order valence-corrected chi connectivity index (χ0v) is 40.4. The number of nitrogens with zero attached hydrogens (tertiary/aromatic N) is 4. The van der Waals surface area contributed by atoms with Gasteiger partial charge in [0, 0.05) is 17.0 Å². The van der Waals surface area contributed by atoms with E-state index in [-0.39, 0.29) is 30.5 Å². The Morgan fingerprint density at radius 1 is 0.806 bits per heavy atom. The van der Waals surface area contributed by atoms with Crippen molar-refractivity contribution in [3.05, 3.63) is 173 Å². The number of imidazole rings is 1. The Bertz CT molecular complexity index is 2660. The number of rotatable bonds is 18. The predicted octanol–water partition coefficient (Wildman–Crippen LogP) is 8.03. The fourth-order valence-corrected chi connectivity index (χ4v) is 9.59. The quantitative estimate of drug-likeness (QED) is 0.0632. The maximum absolute atomic E-state index is 14.0. The van der Waals surface area contributed by atoms with Gasteiger partial charge in [0.25, 0.3) is 5.91 Å². The number of carbonyl (C=O) groups excluding carboxylic acids is 1. The number of aromatic nitrogens is 4. The zero-order valence-electron chi connectivity index (χ0n) is 37.9. The summed E-state index contributed by atoms with van der Waals surface area (Å²) in [6.07, 6.45) is 0.477. The summed E-state index contributed by atoms with van der Waals surface area (Å²) in [4.78, 5) is 42.1. The van der Waals surface area contributed by atoms with Crippen molar-refractivity contribution < 1.29 is 42.6 Å². The lowest BCUT2D eigenvalue weighted by Crippen LogP contribution is -3.11. The van der Waals surface area contributed by atoms with E-state index in [0.717, 1.165) is 16.7 Å². The number of quaternary nitrogens is 1. The van der Waals surface area contributed by atoms with E-state index in [1.165, 1.54) is 26.0 Å². The lowest BCUT2D eigenvalue weighted by atomic mass is 9.80. The molecule has 0 aliphatic carbocycles. The van der Waals surface area contributed by atoms with Gasteiger partial charge in [-0.25, -0.2) is 15.0 Å². The van der Waals surface area contributed by atoms with Crippen molar-refractivity contribution in [1.82, 2.24) is 19.5 Å². The van der Waals surface area contributed by atoms with Crippen LogP contribution in [0, 0.1) is 0 Å². The van der Waals surface area contributed by atoms with Crippen LogP contribution >= 0.6 is 18.3 Å². The molecule has 5 aromatic carbocycles. The molecule has 17 heteroatoms. The molecule has 0 saturated carbocycles. The summed E-state index contributed by atoms with van der Waals surface area (Å²) in [6.45, 7) is 6.21. The predicted molar refractivity (Wildman–Crippen MR) is 260 cm³/mol. The molecule has 0 bridgehead atoms. The summed E-state index contributed by atoms with van der Waals surface area (Å²) in [5, 5.41) is 3.31. The van der Waals surface area contributed by atoms with E-state index in [4.69, 9.17) is 51.4 Å². The van der Waals surface area contributed by atoms with Gasteiger partial charge in [-0.15, -0.1) is 0 Å². The molecule has 2 aromatic heterocycles. The summed E-state index contributed by atoms with van der Waals surface area (Å²) in [6, 6.07) is 40.2. The second-order valence-corrected chi connectivity index (χ2v) is 18.6. The molecule has 3 heterocycles. The van der Waals surface area contributed by atoms with E-state index < -0.39 is 30.8 Å². The Hall–Kier alpha value is -5.74. The minimum Gasteiger partial charge on any atom is -0.770 e. The number of halogens is 1. The first-order valence-electron chi connectivity index (χ1n) is 22.0. The number of hydrogen-bond acceptors (Lipinski definition) is 12. The summed E-state index contributed by atoms with van der Waals surface area (Å²) >= 11 is 11.6. The van der Waals surface area contributed by atoms with Crippen molar-refractivity contribution in [3.8, 4) is 17.2 Å². The third kappa shape index (κ3) is 11.9. The Morgan fingerprint density at radius 3 is 1.91 bits per heavy atom. The molecular weight excluding hydrogens is 911 g/mol. The Kier molecular flexibility index (Phi) is 16.8. The van der Waals surface area contributed by atoms with Crippen LogP contribution in [-0.2, 0) is 31.4 Å². The maximum atomic E-state index is 14.0. The molecule has 1 fully saturated rings. The van der Waals surface area contributed by atoms with Gasteiger partial charge in [0.05, 0.1) is 52.9 Å². The number of anilines is 1. The normalized spacial score (nSPS) is 16.7. The van der Waals surface area contributed by atoms with E-state index in [0.29, 0.717) is 33.2 Å². The number of benzene rings is 5. The lowest BCUT2D eigenvalue weighted by molar-refractivity contribution is -0.894. The molecule has 1 saturated heterocycles. The number of ether oxygens (including phenoxy) is 4.